The van der Waals surface area contributed by atoms with Crippen molar-refractivity contribution in [2.24, 2.45) is 0 Å². The lowest BCUT2D eigenvalue weighted by Crippen LogP contribution is -2.49. The van der Waals surface area contributed by atoms with Crippen LogP contribution in [0.25, 0.3) is 0 Å². The van der Waals surface area contributed by atoms with Crippen LogP contribution in [0, 0.1) is 0 Å². The van der Waals surface area contributed by atoms with Crippen molar-refractivity contribution in [1.29, 1.82) is 0 Å². The number of phosphoric ester groups is 1. The number of phosphoric acid groups is 1. The van der Waals surface area contributed by atoms with E-state index < -0.39 is 38.3 Å². The number of aliphatic hydroxyl groups is 3. The van der Waals surface area contributed by atoms with E-state index in [4.69, 9.17) is 18.5 Å². The van der Waals surface area contributed by atoms with E-state index in [1.807, 2.05) is 0 Å². The van der Waals surface area contributed by atoms with E-state index in [9.17, 15) is 24.8 Å². The van der Waals surface area contributed by atoms with E-state index in [1.54, 1.807) is 0 Å². The van der Waals surface area contributed by atoms with E-state index >= 15 is 0 Å². The second-order valence-electron chi connectivity index (χ2n) is 10.8. The minimum atomic E-state index is -4.48. The Morgan fingerprint density at radius 3 is 1.74 bits per heavy atom. The summed E-state index contributed by atoms with van der Waals surface area (Å²) in [6, 6.07) is 0. The molecule has 1 aliphatic rings. The fraction of sp³-hybridized carbons (Fsp3) is 1.00. The molecule has 0 saturated heterocycles. The third-order valence-electron chi connectivity index (χ3n) is 7.34. The van der Waals surface area contributed by atoms with Crippen LogP contribution in [0.2, 0.25) is 0 Å². The molecule has 1 fully saturated rings. The molecule has 0 radical (unpaired) electrons. The molecule has 0 bridgehead atoms. The van der Waals surface area contributed by atoms with Gasteiger partial charge in [-0.1, -0.05) is 103 Å². The van der Waals surface area contributed by atoms with Gasteiger partial charge in [0.05, 0.1) is 25.4 Å². The SMILES string of the molecule is CCCCCCCCCCCCCCCCCCOC[C@H](COP(=O)(O)OC1CCC(O)C(O)C1O)OC. The fourth-order valence-corrected chi connectivity index (χ4v) is 5.76. The number of rotatable bonds is 25. The molecule has 1 aliphatic carbocycles. The molecule has 228 valence electrons. The number of methoxy groups -OCH3 is 1. The molecule has 0 heterocycles. The Labute approximate surface area is 231 Å². The highest BCUT2D eigenvalue weighted by atomic mass is 31.2. The number of hydrogen-bond donors (Lipinski definition) is 4. The summed E-state index contributed by atoms with van der Waals surface area (Å²) in [6.45, 7) is 2.88. The second kappa shape index (κ2) is 22.6. The van der Waals surface area contributed by atoms with Gasteiger partial charge in [-0.2, -0.15) is 0 Å². The van der Waals surface area contributed by atoms with Crippen LogP contribution in [-0.2, 0) is 23.1 Å². The molecule has 1 rings (SSSR count). The van der Waals surface area contributed by atoms with Crippen molar-refractivity contribution in [2.75, 3.05) is 26.9 Å². The van der Waals surface area contributed by atoms with Gasteiger partial charge < -0.3 is 29.7 Å². The summed E-state index contributed by atoms with van der Waals surface area (Å²) in [5, 5.41) is 29.2. The highest BCUT2D eigenvalue weighted by Crippen LogP contribution is 2.47. The highest BCUT2D eigenvalue weighted by molar-refractivity contribution is 7.47. The van der Waals surface area contributed by atoms with Crippen LogP contribution in [-0.4, -0.2) is 77.7 Å². The predicted octanol–water partition coefficient (Wildman–Crippen LogP) is 5.66. The molecule has 1 saturated carbocycles. The molecule has 0 aromatic carbocycles. The molecule has 0 aromatic rings. The largest absolute Gasteiger partial charge is 0.472 e. The van der Waals surface area contributed by atoms with E-state index in [1.165, 1.54) is 97.0 Å². The summed E-state index contributed by atoms with van der Waals surface area (Å²) in [6.07, 6.45) is 15.7. The normalized spacial score (nSPS) is 24.4. The van der Waals surface area contributed by atoms with Crippen molar-refractivity contribution in [3.05, 3.63) is 0 Å². The number of hydrogen-bond acceptors (Lipinski definition) is 8. The molecular weight excluding hydrogens is 511 g/mol. The topological polar surface area (TPSA) is 135 Å². The van der Waals surface area contributed by atoms with Gasteiger partial charge in [0.25, 0.3) is 0 Å². The van der Waals surface area contributed by atoms with Crippen LogP contribution in [0.1, 0.15) is 122 Å². The van der Waals surface area contributed by atoms with Gasteiger partial charge in [0, 0.05) is 13.7 Å². The molecule has 38 heavy (non-hydrogen) atoms. The Balaban J connectivity index is 1.96. The van der Waals surface area contributed by atoms with Crippen molar-refractivity contribution < 1.29 is 43.3 Å². The smallest absolute Gasteiger partial charge is 0.390 e. The van der Waals surface area contributed by atoms with Crippen molar-refractivity contribution in [1.82, 2.24) is 0 Å². The minimum absolute atomic E-state index is 0.128. The van der Waals surface area contributed by atoms with Gasteiger partial charge in [-0.05, 0) is 19.3 Å². The third kappa shape index (κ3) is 17.6. The molecular formula is C28H57O9P. The summed E-state index contributed by atoms with van der Waals surface area (Å²) in [5.41, 5.74) is 0. The first kappa shape index (κ1) is 35.9. The second-order valence-corrected chi connectivity index (χ2v) is 12.2. The van der Waals surface area contributed by atoms with Gasteiger partial charge in [-0.25, -0.2) is 4.57 Å². The molecule has 0 aliphatic heterocycles. The number of unbranched alkanes of at least 4 members (excludes halogenated alkanes) is 15. The standard InChI is InChI=1S/C28H57O9P/c1-3-4-5-6-7-8-9-10-11-12-13-14-15-16-17-18-21-35-22-24(34-2)23-36-38(32,33)37-26-20-19-25(29)27(30)28(26)31/h24-31H,3-23H2,1-2H3,(H,32,33)/t24-,25?,26?,27?,28?/m1/s1. The molecule has 0 spiro atoms. The first-order valence-electron chi connectivity index (χ1n) is 15.1. The zero-order valence-electron chi connectivity index (χ0n) is 24.0. The van der Waals surface area contributed by atoms with Gasteiger partial charge >= 0.3 is 7.82 Å². The molecule has 10 heteroatoms. The molecule has 0 aromatic heterocycles. The van der Waals surface area contributed by atoms with E-state index in [0.717, 1.165) is 12.8 Å². The van der Waals surface area contributed by atoms with Crippen LogP contribution in [0.4, 0.5) is 0 Å². The quantitative estimate of drug-likeness (QED) is 0.0813. The maximum absolute atomic E-state index is 12.2. The predicted molar refractivity (Wildman–Crippen MR) is 149 cm³/mol. The fourth-order valence-electron chi connectivity index (χ4n) is 4.77. The van der Waals surface area contributed by atoms with E-state index in [-0.39, 0.29) is 26.1 Å². The molecule has 9 nitrogen and oxygen atoms in total. The Morgan fingerprint density at radius 2 is 1.24 bits per heavy atom. The Morgan fingerprint density at radius 1 is 0.737 bits per heavy atom. The van der Waals surface area contributed by atoms with Crippen LogP contribution >= 0.6 is 7.82 Å². The number of ether oxygens (including phenoxy) is 2. The molecule has 6 atom stereocenters. The van der Waals surface area contributed by atoms with Crippen LogP contribution in [0.15, 0.2) is 0 Å². The summed E-state index contributed by atoms with van der Waals surface area (Å²) in [4.78, 5) is 9.97. The monoisotopic (exact) mass is 568 g/mol. The van der Waals surface area contributed by atoms with Gasteiger partial charge in [-0.3, -0.25) is 9.05 Å². The summed E-state index contributed by atoms with van der Waals surface area (Å²) in [5.74, 6) is 0. The number of aliphatic hydroxyl groups excluding tert-OH is 3. The summed E-state index contributed by atoms with van der Waals surface area (Å²) >= 11 is 0. The van der Waals surface area contributed by atoms with Gasteiger partial charge in [-0.15, -0.1) is 0 Å². The van der Waals surface area contributed by atoms with Gasteiger partial charge in [0.15, 0.2) is 0 Å². The Kier molecular flexibility index (Phi) is 21.4. The van der Waals surface area contributed by atoms with E-state index in [2.05, 4.69) is 6.92 Å². The first-order chi connectivity index (χ1) is 18.3. The van der Waals surface area contributed by atoms with Crippen molar-refractivity contribution in [3.8, 4) is 0 Å². The molecule has 4 N–H and O–H groups in total. The maximum Gasteiger partial charge on any atom is 0.472 e. The summed E-state index contributed by atoms with van der Waals surface area (Å²) in [7, 11) is -3.01. The third-order valence-corrected chi connectivity index (χ3v) is 8.36. The zero-order chi connectivity index (χ0) is 28.1. The van der Waals surface area contributed by atoms with Gasteiger partial charge in [0.1, 0.15) is 18.3 Å². The summed E-state index contributed by atoms with van der Waals surface area (Å²) < 4.78 is 33.2. The van der Waals surface area contributed by atoms with Crippen molar-refractivity contribution >= 4 is 7.82 Å². The lowest BCUT2D eigenvalue weighted by Gasteiger charge is -2.35. The van der Waals surface area contributed by atoms with Crippen LogP contribution in [0.3, 0.4) is 0 Å². The van der Waals surface area contributed by atoms with E-state index in [0.29, 0.717) is 6.61 Å². The van der Waals surface area contributed by atoms with Crippen molar-refractivity contribution in [3.63, 3.8) is 0 Å². The Hall–Kier alpha value is -0.0900. The first-order valence-corrected chi connectivity index (χ1v) is 16.6. The Bertz CT molecular complexity index is 595. The lowest BCUT2D eigenvalue weighted by atomic mass is 9.90. The zero-order valence-corrected chi connectivity index (χ0v) is 24.9. The average Bonchev–Trinajstić information content (AvgIpc) is 2.90. The van der Waals surface area contributed by atoms with Gasteiger partial charge in [0.2, 0.25) is 0 Å². The van der Waals surface area contributed by atoms with Crippen LogP contribution < -0.4 is 0 Å². The van der Waals surface area contributed by atoms with Crippen LogP contribution in [0.5, 0.6) is 0 Å². The molecule has 5 unspecified atom stereocenters. The highest BCUT2D eigenvalue weighted by Gasteiger charge is 2.41. The maximum atomic E-state index is 12.2. The minimum Gasteiger partial charge on any atom is -0.390 e. The van der Waals surface area contributed by atoms with Crippen molar-refractivity contribution in [2.45, 2.75) is 153 Å². The average molecular weight is 569 g/mol. The lowest BCUT2D eigenvalue weighted by molar-refractivity contribution is -0.133. The molecule has 0 amide bonds.